The van der Waals surface area contributed by atoms with Gasteiger partial charge in [-0.1, -0.05) is 12.8 Å². The number of carbonyl (C=O) groups is 2. The van der Waals surface area contributed by atoms with E-state index < -0.39 is 12.0 Å². The molecule has 2 rings (SSSR count). The van der Waals surface area contributed by atoms with Gasteiger partial charge >= 0.3 is 12.0 Å². The summed E-state index contributed by atoms with van der Waals surface area (Å²) in [4.78, 5) is 26.9. The lowest BCUT2D eigenvalue weighted by atomic mass is 10.1. The molecule has 18 heavy (non-hydrogen) atoms. The van der Waals surface area contributed by atoms with Gasteiger partial charge in [0.1, 0.15) is 6.04 Å². The summed E-state index contributed by atoms with van der Waals surface area (Å²) in [6, 6.07) is -0.528. The van der Waals surface area contributed by atoms with Crippen LogP contribution in [0.15, 0.2) is 0 Å². The molecule has 6 heteroatoms. The van der Waals surface area contributed by atoms with Gasteiger partial charge in [0.15, 0.2) is 0 Å². The van der Waals surface area contributed by atoms with Crippen LogP contribution in [0.4, 0.5) is 4.79 Å². The smallest absolute Gasteiger partial charge is 0.327 e. The molecule has 0 aromatic rings. The van der Waals surface area contributed by atoms with E-state index in [2.05, 4.69) is 6.92 Å². The number of rotatable bonds is 1. The highest BCUT2D eigenvalue weighted by Crippen LogP contribution is 2.25. The molecular formula is C12H20N2O3S. The molecule has 2 saturated heterocycles. The fourth-order valence-corrected chi connectivity index (χ4v) is 3.70. The molecule has 0 saturated carbocycles. The molecule has 2 atom stereocenters. The molecule has 1 N–H and O–H groups in total. The highest BCUT2D eigenvalue weighted by molar-refractivity contribution is 7.99. The summed E-state index contributed by atoms with van der Waals surface area (Å²) in [5.41, 5.74) is 0. The molecule has 2 amide bonds. The first kappa shape index (κ1) is 13.5. The summed E-state index contributed by atoms with van der Waals surface area (Å²) in [5, 5.41) is 9.13. The molecule has 0 aromatic heterocycles. The maximum absolute atomic E-state index is 12.5. The molecule has 0 aromatic carbocycles. The Balaban J connectivity index is 2.07. The Morgan fingerprint density at radius 1 is 1.22 bits per heavy atom. The van der Waals surface area contributed by atoms with E-state index in [1.54, 1.807) is 0 Å². The Labute approximate surface area is 112 Å². The predicted molar refractivity (Wildman–Crippen MR) is 70.6 cm³/mol. The van der Waals surface area contributed by atoms with Crippen molar-refractivity contribution in [3.63, 3.8) is 0 Å². The van der Waals surface area contributed by atoms with Crippen molar-refractivity contribution in [3.05, 3.63) is 0 Å². The summed E-state index contributed by atoms with van der Waals surface area (Å²) >= 11 is 1.51. The lowest BCUT2D eigenvalue weighted by molar-refractivity contribution is -0.141. The first-order valence-corrected chi connectivity index (χ1v) is 7.64. The molecule has 0 bridgehead atoms. The first-order chi connectivity index (χ1) is 8.61. The number of carboxylic acid groups (broad SMARTS) is 1. The Hall–Kier alpha value is -0.910. The third kappa shape index (κ3) is 2.74. The van der Waals surface area contributed by atoms with Crippen LogP contribution in [0, 0.1) is 0 Å². The number of likely N-dealkylation sites (tertiary alicyclic amines) is 1. The Kier molecular flexibility index (Phi) is 4.37. The Morgan fingerprint density at radius 3 is 2.72 bits per heavy atom. The van der Waals surface area contributed by atoms with E-state index in [-0.39, 0.29) is 12.1 Å². The van der Waals surface area contributed by atoms with Crippen LogP contribution in [0.2, 0.25) is 0 Å². The fourth-order valence-electron chi connectivity index (χ4n) is 2.56. The molecule has 1 unspecified atom stereocenters. The molecule has 0 spiro atoms. The van der Waals surface area contributed by atoms with E-state index in [0.29, 0.717) is 11.6 Å². The summed E-state index contributed by atoms with van der Waals surface area (Å²) in [6.45, 7) is 2.82. The minimum atomic E-state index is -0.893. The van der Waals surface area contributed by atoms with Gasteiger partial charge in [0, 0.05) is 18.3 Å². The van der Waals surface area contributed by atoms with Crippen LogP contribution in [0.3, 0.4) is 0 Å². The van der Waals surface area contributed by atoms with Crippen molar-refractivity contribution in [3.8, 4) is 0 Å². The molecule has 2 fully saturated rings. The molecule has 0 radical (unpaired) electrons. The second-order valence-electron chi connectivity index (χ2n) is 5.00. The molecular weight excluding hydrogens is 252 g/mol. The van der Waals surface area contributed by atoms with E-state index in [0.717, 1.165) is 32.2 Å². The van der Waals surface area contributed by atoms with Gasteiger partial charge in [-0.15, -0.1) is 11.8 Å². The van der Waals surface area contributed by atoms with Gasteiger partial charge in [-0.25, -0.2) is 9.59 Å². The van der Waals surface area contributed by atoms with Crippen molar-refractivity contribution >= 4 is 23.8 Å². The summed E-state index contributed by atoms with van der Waals surface area (Å²) < 4.78 is 0. The highest BCUT2D eigenvalue weighted by atomic mass is 32.2. The molecule has 2 aliphatic heterocycles. The zero-order valence-corrected chi connectivity index (χ0v) is 11.5. The second kappa shape index (κ2) is 5.82. The van der Waals surface area contributed by atoms with E-state index in [9.17, 15) is 9.59 Å². The number of aliphatic carboxylic acids is 1. The highest BCUT2D eigenvalue weighted by Gasteiger charge is 2.37. The van der Waals surface area contributed by atoms with Crippen LogP contribution in [0.1, 0.15) is 32.6 Å². The number of hydrogen-bond donors (Lipinski definition) is 1. The Bertz CT molecular complexity index is 337. The number of carbonyl (C=O) groups excluding carboxylic acids is 1. The summed E-state index contributed by atoms with van der Waals surface area (Å²) in [6.07, 6.45) is 4.35. The minimum absolute atomic E-state index is 0.0956. The first-order valence-electron chi connectivity index (χ1n) is 6.49. The van der Waals surface area contributed by atoms with Crippen molar-refractivity contribution in [1.29, 1.82) is 0 Å². The third-order valence-corrected chi connectivity index (χ3v) is 4.72. The standard InChI is InChI=1S/C12H20N2O3S/c1-9-5-3-2-4-6-13(9)12(17)14-8-18-7-10(14)11(15)16/h9-10H,2-8H2,1H3,(H,15,16)/t9?,10-/m0/s1. The van der Waals surface area contributed by atoms with Gasteiger partial charge in [0.05, 0.1) is 5.88 Å². The number of carboxylic acids is 1. The Morgan fingerprint density at radius 2 is 2.00 bits per heavy atom. The van der Waals surface area contributed by atoms with Gasteiger partial charge in [-0.2, -0.15) is 0 Å². The summed E-state index contributed by atoms with van der Waals surface area (Å²) in [7, 11) is 0. The van der Waals surface area contributed by atoms with Gasteiger partial charge in [0.25, 0.3) is 0 Å². The second-order valence-corrected chi connectivity index (χ2v) is 6.00. The molecule has 2 aliphatic rings. The van der Waals surface area contributed by atoms with Gasteiger partial charge in [-0.05, 0) is 19.8 Å². The third-order valence-electron chi connectivity index (χ3n) is 3.71. The number of amides is 2. The minimum Gasteiger partial charge on any atom is -0.480 e. The molecule has 2 heterocycles. The van der Waals surface area contributed by atoms with Gasteiger partial charge in [-0.3, -0.25) is 0 Å². The number of hydrogen-bond acceptors (Lipinski definition) is 3. The van der Waals surface area contributed by atoms with Crippen LogP contribution in [0.25, 0.3) is 0 Å². The predicted octanol–water partition coefficient (Wildman–Crippen LogP) is 1.83. The largest absolute Gasteiger partial charge is 0.480 e. The normalized spacial score (nSPS) is 29.2. The van der Waals surface area contributed by atoms with Crippen molar-refractivity contribution in [2.75, 3.05) is 18.2 Å². The van der Waals surface area contributed by atoms with E-state index in [1.165, 1.54) is 16.7 Å². The molecule has 102 valence electrons. The zero-order valence-electron chi connectivity index (χ0n) is 10.7. The van der Waals surface area contributed by atoms with Crippen molar-refractivity contribution in [2.45, 2.75) is 44.7 Å². The van der Waals surface area contributed by atoms with Crippen LogP contribution in [0.5, 0.6) is 0 Å². The lowest BCUT2D eigenvalue weighted by Gasteiger charge is -2.32. The maximum Gasteiger partial charge on any atom is 0.327 e. The molecule has 0 aliphatic carbocycles. The van der Waals surface area contributed by atoms with Crippen molar-refractivity contribution < 1.29 is 14.7 Å². The maximum atomic E-state index is 12.5. The van der Waals surface area contributed by atoms with E-state index in [1.807, 2.05) is 4.90 Å². The van der Waals surface area contributed by atoms with Crippen LogP contribution in [-0.4, -0.2) is 57.2 Å². The van der Waals surface area contributed by atoms with Gasteiger partial charge < -0.3 is 14.9 Å². The van der Waals surface area contributed by atoms with Crippen LogP contribution < -0.4 is 0 Å². The zero-order chi connectivity index (χ0) is 13.1. The van der Waals surface area contributed by atoms with Crippen LogP contribution in [-0.2, 0) is 4.79 Å². The van der Waals surface area contributed by atoms with Gasteiger partial charge in [0.2, 0.25) is 0 Å². The number of thioether (sulfide) groups is 1. The van der Waals surface area contributed by atoms with E-state index >= 15 is 0 Å². The average molecular weight is 272 g/mol. The topological polar surface area (TPSA) is 60.9 Å². The average Bonchev–Trinajstić information content (AvgIpc) is 2.72. The van der Waals surface area contributed by atoms with Crippen LogP contribution >= 0.6 is 11.8 Å². The SMILES string of the molecule is CC1CCCCCN1C(=O)N1CSC[C@H]1C(=O)O. The van der Waals surface area contributed by atoms with Crippen molar-refractivity contribution in [1.82, 2.24) is 9.80 Å². The monoisotopic (exact) mass is 272 g/mol. The number of nitrogens with zero attached hydrogens (tertiary/aromatic N) is 2. The number of urea groups is 1. The van der Waals surface area contributed by atoms with E-state index in [4.69, 9.17) is 5.11 Å². The van der Waals surface area contributed by atoms with Crippen molar-refractivity contribution in [2.24, 2.45) is 0 Å². The lowest BCUT2D eigenvalue weighted by Crippen LogP contribution is -2.51. The quantitative estimate of drug-likeness (QED) is 0.791. The molecule has 5 nitrogen and oxygen atoms in total. The fraction of sp³-hybridized carbons (Fsp3) is 0.833. The summed E-state index contributed by atoms with van der Waals surface area (Å²) in [5.74, 6) is 0.110.